The van der Waals surface area contributed by atoms with E-state index in [0.29, 0.717) is 68.0 Å². The monoisotopic (exact) mass is 610 g/mol. The maximum atomic E-state index is 15.0. The number of likely N-dealkylation sites (tertiary alicyclic amines) is 1. The zero-order chi connectivity index (χ0) is 31.0. The van der Waals surface area contributed by atoms with E-state index in [4.69, 9.17) is 4.74 Å². The molecule has 2 amide bonds. The van der Waals surface area contributed by atoms with Crippen molar-refractivity contribution in [1.29, 1.82) is 0 Å². The standard InChI is InChI=1S/C30H36F2N8O4/c1-30(2,44-13-12-41)24-15-34-27-22(7-6-18(16-39(24)27)20-4-3-5-21(31)25(20)32)36-28(42)38-10-8-19(9-11-38)40-23-14-33-17-35-26(23)37-29(40)43/h3-5,14-15,17-19,22,41H,6-13,16H2,1-2H3,(H,36,42)(H,33,35,37,43)/t18-,22-/m1/s1. The molecular formula is C30H36F2N8O4. The number of carbonyl (C=O) groups is 1. The first-order valence-corrected chi connectivity index (χ1v) is 14.9. The van der Waals surface area contributed by atoms with E-state index in [1.807, 2.05) is 18.4 Å². The fourth-order valence-electron chi connectivity index (χ4n) is 6.55. The number of aromatic amines is 1. The summed E-state index contributed by atoms with van der Waals surface area (Å²) in [5.74, 6) is -1.54. The number of ether oxygens (including phenoxy) is 1. The smallest absolute Gasteiger partial charge is 0.327 e. The summed E-state index contributed by atoms with van der Waals surface area (Å²) in [5, 5.41) is 12.5. The molecule has 3 aromatic heterocycles. The third kappa shape index (κ3) is 5.59. The van der Waals surface area contributed by atoms with Gasteiger partial charge in [0, 0.05) is 31.6 Å². The molecule has 12 nitrogen and oxygen atoms in total. The van der Waals surface area contributed by atoms with Crippen LogP contribution >= 0.6 is 0 Å². The number of piperidine rings is 1. The largest absolute Gasteiger partial charge is 0.394 e. The fraction of sp³-hybridized carbons (Fsp3) is 0.500. The summed E-state index contributed by atoms with van der Waals surface area (Å²) in [6.07, 6.45) is 6.79. The Morgan fingerprint density at radius 1 is 1.16 bits per heavy atom. The Labute approximate surface area is 252 Å². The highest BCUT2D eigenvalue weighted by Crippen LogP contribution is 2.38. The zero-order valence-electron chi connectivity index (χ0n) is 24.7. The van der Waals surface area contributed by atoms with E-state index >= 15 is 0 Å². The molecule has 5 heterocycles. The van der Waals surface area contributed by atoms with Gasteiger partial charge in [-0.05, 0) is 51.2 Å². The average Bonchev–Trinajstić information content (AvgIpc) is 3.54. The first kappa shape index (κ1) is 29.9. The van der Waals surface area contributed by atoms with Crippen molar-refractivity contribution in [3.63, 3.8) is 0 Å². The molecule has 1 aromatic carbocycles. The molecule has 0 saturated carbocycles. The first-order chi connectivity index (χ1) is 21.2. The summed E-state index contributed by atoms with van der Waals surface area (Å²) in [5.41, 5.74) is 1.01. The van der Waals surface area contributed by atoms with Gasteiger partial charge in [0.2, 0.25) is 0 Å². The summed E-state index contributed by atoms with van der Waals surface area (Å²) >= 11 is 0. The summed E-state index contributed by atoms with van der Waals surface area (Å²) in [4.78, 5) is 43.6. The van der Waals surface area contributed by atoms with E-state index in [1.165, 1.54) is 12.4 Å². The highest BCUT2D eigenvalue weighted by molar-refractivity contribution is 5.75. The SMILES string of the molecule is CC(C)(OCCO)c1cnc2n1C[C@H](c1cccc(F)c1F)CC[C@H]2NC(=O)N1CCC(n2c(=O)[nH]c3ncncc32)CC1. The third-order valence-electron chi connectivity index (χ3n) is 8.81. The van der Waals surface area contributed by atoms with Gasteiger partial charge in [0.15, 0.2) is 17.3 Å². The van der Waals surface area contributed by atoms with Crippen LogP contribution in [0.2, 0.25) is 0 Å². The lowest BCUT2D eigenvalue weighted by Crippen LogP contribution is -2.46. The van der Waals surface area contributed by atoms with Crippen LogP contribution in [-0.4, -0.2) is 71.4 Å². The summed E-state index contributed by atoms with van der Waals surface area (Å²) in [6.45, 7) is 4.88. The van der Waals surface area contributed by atoms with Crippen LogP contribution in [0.1, 0.15) is 74.6 Å². The molecule has 44 heavy (non-hydrogen) atoms. The first-order valence-electron chi connectivity index (χ1n) is 14.9. The van der Waals surface area contributed by atoms with Gasteiger partial charge in [-0.2, -0.15) is 0 Å². The number of amides is 2. The minimum Gasteiger partial charge on any atom is -0.394 e. The van der Waals surface area contributed by atoms with Gasteiger partial charge in [-0.1, -0.05) is 12.1 Å². The normalized spacial score (nSPS) is 19.6. The molecule has 0 unspecified atom stereocenters. The number of benzene rings is 1. The number of aliphatic hydroxyl groups is 1. The number of aliphatic hydroxyl groups excluding tert-OH is 1. The van der Waals surface area contributed by atoms with Crippen molar-refractivity contribution in [1.82, 2.24) is 39.3 Å². The Morgan fingerprint density at radius 2 is 1.95 bits per heavy atom. The number of imidazole rings is 2. The van der Waals surface area contributed by atoms with Crippen molar-refractivity contribution in [2.75, 3.05) is 26.3 Å². The van der Waals surface area contributed by atoms with Crippen molar-refractivity contribution in [2.45, 2.75) is 69.7 Å². The number of carbonyl (C=O) groups excluding carboxylic acids is 1. The van der Waals surface area contributed by atoms with E-state index in [9.17, 15) is 23.5 Å². The molecular weight excluding hydrogens is 574 g/mol. The molecule has 6 rings (SSSR count). The molecule has 2 atom stereocenters. The predicted octanol–water partition coefficient (Wildman–Crippen LogP) is 3.50. The zero-order valence-corrected chi connectivity index (χ0v) is 24.7. The maximum absolute atomic E-state index is 15.0. The van der Waals surface area contributed by atoms with Crippen molar-refractivity contribution in [3.05, 3.63) is 76.1 Å². The van der Waals surface area contributed by atoms with Gasteiger partial charge < -0.3 is 24.6 Å². The van der Waals surface area contributed by atoms with E-state index in [2.05, 4.69) is 25.3 Å². The summed E-state index contributed by atoms with van der Waals surface area (Å²) in [6, 6.07) is 3.35. The van der Waals surface area contributed by atoms with Crippen molar-refractivity contribution >= 4 is 17.2 Å². The molecule has 3 N–H and O–H groups in total. The minimum atomic E-state index is -0.903. The van der Waals surface area contributed by atoms with Crippen molar-refractivity contribution in [2.24, 2.45) is 0 Å². The Hall–Kier alpha value is -4.17. The van der Waals surface area contributed by atoms with Crippen LogP contribution in [0.25, 0.3) is 11.2 Å². The molecule has 234 valence electrons. The molecule has 0 spiro atoms. The van der Waals surface area contributed by atoms with Crippen LogP contribution in [0.3, 0.4) is 0 Å². The summed E-state index contributed by atoms with van der Waals surface area (Å²) in [7, 11) is 0. The predicted molar refractivity (Wildman–Crippen MR) is 156 cm³/mol. The molecule has 1 saturated heterocycles. The van der Waals surface area contributed by atoms with Gasteiger partial charge in [-0.15, -0.1) is 0 Å². The quantitative estimate of drug-likeness (QED) is 0.291. The lowest BCUT2D eigenvalue weighted by atomic mass is 9.92. The van der Waals surface area contributed by atoms with E-state index in [1.54, 1.807) is 27.9 Å². The number of H-pyrrole nitrogens is 1. The lowest BCUT2D eigenvalue weighted by molar-refractivity contribution is -0.0421. The number of fused-ring (bicyclic) bond motifs is 2. The molecule has 4 aromatic rings. The number of aromatic nitrogens is 6. The van der Waals surface area contributed by atoms with Gasteiger partial charge in [0.05, 0.1) is 37.3 Å². The number of rotatable bonds is 7. The van der Waals surface area contributed by atoms with Crippen LogP contribution in [0.4, 0.5) is 13.6 Å². The number of urea groups is 1. The molecule has 14 heteroatoms. The minimum absolute atomic E-state index is 0.103. The van der Waals surface area contributed by atoms with E-state index in [-0.39, 0.29) is 42.5 Å². The average molecular weight is 611 g/mol. The second-order valence-electron chi connectivity index (χ2n) is 11.9. The van der Waals surface area contributed by atoms with Gasteiger partial charge >= 0.3 is 11.7 Å². The van der Waals surface area contributed by atoms with Crippen LogP contribution in [0.15, 0.2) is 41.7 Å². The Balaban J connectivity index is 1.22. The Bertz CT molecular complexity index is 1710. The van der Waals surface area contributed by atoms with Crippen LogP contribution < -0.4 is 11.0 Å². The van der Waals surface area contributed by atoms with Crippen LogP contribution in [0, 0.1) is 11.6 Å². The lowest BCUT2D eigenvalue weighted by Gasteiger charge is -2.33. The van der Waals surface area contributed by atoms with Crippen molar-refractivity contribution in [3.8, 4) is 0 Å². The second-order valence-corrected chi connectivity index (χ2v) is 11.9. The van der Waals surface area contributed by atoms with Gasteiger partial charge in [0.1, 0.15) is 23.3 Å². The topological polar surface area (TPSA) is 143 Å². The number of nitrogens with zero attached hydrogens (tertiary/aromatic N) is 6. The van der Waals surface area contributed by atoms with Gasteiger partial charge in [0.25, 0.3) is 0 Å². The van der Waals surface area contributed by atoms with Crippen molar-refractivity contribution < 1.29 is 23.4 Å². The van der Waals surface area contributed by atoms with E-state index < -0.39 is 23.3 Å². The molecule has 1 fully saturated rings. The van der Waals surface area contributed by atoms with Gasteiger partial charge in [-0.25, -0.2) is 33.3 Å². The highest BCUT2D eigenvalue weighted by atomic mass is 19.2. The van der Waals surface area contributed by atoms with Crippen LogP contribution in [0.5, 0.6) is 0 Å². The number of hydrogen-bond acceptors (Lipinski definition) is 7. The highest BCUT2D eigenvalue weighted by Gasteiger charge is 2.36. The second kappa shape index (κ2) is 12.1. The number of nitrogens with one attached hydrogen (secondary N) is 2. The van der Waals surface area contributed by atoms with E-state index in [0.717, 1.165) is 6.07 Å². The third-order valence-corrected chi connectivity index (χ3v) is 8.81. The Kier molecular flexibility index (Phi) is 8.20. The summed E-state index contributed by atoms with van der Waals surface area (Å²) < 4.78 is 38.7. The maximum Gasteiger partial charge on any atom is 0.327 e. The fourth-order valence-corrected chi connectivity index (χ4v) is 6.55. The van der Waals surface area contributed by atoms with Gasteiger partial charge in [-0.3, -0.25) is 9.55 Å². The van der Waals surface area contributed by atoms with Crippen LogP contribution in [-0.2, 0) is 16.9 Å². The molecule has 0 bridgehead atoms. The number of hydrogen-bond donors (Lipinski definition) is 3. The molecule has 0 aliphatic carbocycles. The molecule has 0 radical (unpaired) electrons. The molecule has 2 aliphatic rings. The number of halogens is 2. The molecule has 2 aliphatic heterocycles. The Morgan fingerprint density at radius 3 is 2.73 bits per heavy atom.